The first kappa shape index (κ1) is 12.0. The molecule has 1 aromatic heterocycles. The zero-order valence-corrected chi connectivity index (χ0v) is 9.86. The van der Waals surface area contributed by atoms with Crippen LogP contribution in [0.2, 0.25) is 5.02 Å². The Morgan fingerprint density at radius 3 is 2.59 bits per heavy atom. The van der Waals surface area contributed by atoms with E-state index in [1.165, 1.54) is 12.3 Å². The van der Waals surface area contributed by atoms with Crippen LogP contribution in [0.15, 0.2) is 42.7 Å². The van der Waals surface area contributed by atoms with Crippen molar-refractivity contribution in [2.45, 2.75) is 12.5 Å². The Morgan fingerprint density at radius 2 is 1.94 bits per heavy atom. The molecule has 1 unspecified atom stereocenters. The number of hydrogen-bond acceptors (Lipinski definition) is 2. The summed E-state index contributed by atoms with van der Waals surface area (Å²) in [6, 6.07) is 8.59. The molecule has 0 aliphatic rings. The van der Waals surface area contributed by atoms with E-state index >= 15 is 0 Å². The fraction of sp³-hybridized carbons (Fsp3) is 0.154. The predicted octanol–water partition coefficient (Wildman–Crippen LogP) is 3.12. The Labute approximate surface area is 104 Å². The molecule has 2 aromatic rings. The molecule has 2 nitrogen and oxygen atoms in total. The van der Waals surface area contributed by atoms with Crippen LogP contribution in [0.4, 0.5) is 4.39 Å². The van der Waals surface area contributed by atoms with Gasteiger partial charge < -0.3 is 5.73 Å². The average molecular weight is 251 g/mol. The lowest BCUT2D eigenvalue weighted by atomic mass is 10.0. The highest BCUT2D eigenvalue weighted by atomic mass is 35.5. The van der Waals surface area contributed by atoms with Crippen LogP contribution in [0.3, 0.4) is 0 Å². The Hall–Kier alpha value is -1.45. The molecule has 2 N–H and O–H groups in total. The first-order valence-electron chi connectivity index (χ1n) is 5.25. The van der Waals surface area contributed by atoms with E-state index in [1.54, 1.807) is 6.20 Å². The maximum Gasteiger partial charge on any atom is 0.141 e. The molecule has 88 valence electrons. The number of nitrogens with two attached hydrogens (primary N) is 1. The predicted molar refractivity (Wildman–Crippen MR) is 66.3 cm³/mol. The number of pyridine rings is 1. The van der Waals surface area contributed by atoms with Gasteiger partial charge in [-0.3, -0.25) is 4.98 Å². The number of hydrogen-bond donors (Lipinski definition) is 1. The topological polar surface area (TPSA) is 38.9 Å². The molecule has 0 fully saturated rings. The monoisotopic (exact) mass is 250 g/mol. The molecule has 1 atom stereocenters. The molecule has 0 spiro atoms. The van der Waals surface area contributed by atoms with Crippen molar-refractivity contribution >= 4 is 11.6 Å². The normalized spacial score (nSPS) is 12.4. The summed E-state index contributed by atoms with van der Waals surface area (Å²) in [5.41, 5.74) is 7.75. The van der Waals surface area contributed by atoms with Gasteiger partial charge in [0.1, 0.15) is 5.82 Å². The third-order valence-corrected chi connectivity index (χ3v) is 2.78. The number of halogens is 2. The van der Waals surface area contributed by atoms with E-state index in [-0.39, 0.29) is 11.9 Å². The van der Waals surface area contributed by atoms with E-state index in [2.05, 4.69) is 4.98 Å². The molecule has 17 heavy (non-hydrogen) atoms. The summed E-state index contributed by atoms with van der Waals surface area (Å²) < 4.78 is 13.0. The fourth-order valence-electron chi connectivity index (χ4n) is 1.62. The Bertz CT molecular complexity index is 499. The second-order valence-electron chi connectivity index (χ2n) is 3.87. The highest BCUT2D eigenvalue weighted by molar-refractivity contribution is 6.30. The van der Waals surface area contributed by atoms with Gasteiger partial charge in [-0.15, -0.1) is 0 Å². The summed E-state index contributed by atoms with van der Waals surface area (Å²) >= 11 is 5.80. The Balaban J connectivity index is 2.11. The molecule has 1 heterocycles. The maximum absolute atomic E-state index is 13.0. The van der Waals surface area contributed by atoms with E-state index in [1.807, 2.05) is 24.3 Å². The molecule has 0 amide bonds. The van der Waals surface area contributed by atoms with Crippen molar-refractivity contribution < 1.29 is 4.39 Å². The minimum Gasteiger partial charge on any atom is -0.324 e. The van der Waals surface area contributed by atoms with Crippen LogP contribution < -0.4 is 5.73 Å². The summed E-state index contributed by atoms with van der Waals surface area (Å²) in [6.07, 6.45) is 3.38. The molecule has 0 saturated heterocycles. The molecule has 0 bridgehead atoms. The lowest BCUT2D eigenvalue weighted by molar-refractivity contribution is 0.610. The standard InChI is InChI=1S/C13H12ClFN2/c14-11-3-1-9(2-4-11)5-13(16)10-6-12(15)8-17-7-10/h1-4,6-8,13H,5,16H2. The minimum absolute atomic E-state index is 0.264. The second-order valence-corrected chi connectivity index (χ2v) is 4.31. The zero-order valence-electron chi connectivity index (χ0n) is 9.11. The molecule has 0 saturated carbocycles. The van der Waals surface area contributed by atoms with Crippen LogP contribution >= 0.6 is 11.6 Å². The van der Waals surface area contributed by atoms with Crippen LogP contribution in [-0.2, 0) is 6.42 Å². The molecule has 1 aromatic carbocycles. The lowest BCUT2D eigenvalue weighted by Gasteiger charge is -2.11. The van der Waals surface area contributed by atoms with Crippen molar-refractivity contribution in [1.29, 1.82) is 0 Å². The minimum atomic E-state index is -0.367. The summed E-state index contributed by atoms with van der Waals surface area (Å²) in [6.45, 7) is 0. The summed E-state index contributed by atoms with van der Waals surface area (Å²) in [5, 5.41) is 0.690. The van der Waals surface area contributed by atoms with Crippen LogP contribution in [0.5, 0.6) is 0 Å². The van der Waals surface area contributed by atoms with E-state index in [0.29, 0.717) is 17.0 Å². The number of aromatic nitrogens is 1. The van der Waals surface area contributed by atoms with Crippen molar-refractivity contribution in [3.05, 3.63) is 64.7 Å². The van der Waals surface area contributed by atoms with Crippen molar-refractivity contribution in [3.8, 4) is 0 Å². The highest BCUT2D eigenvalue weighted by Crippen LogP contribution is 2.17. The third-order valence-electron chi connectivity index (χ3n) is 2.52. The van der Waals surface area contributed by atoms with Gasteiger partial charge in [0.05, 0.1) is 6.20 Å². The van der Waals surface area contributed by atoms with Gasteiger partial charge in [-0.05, 0) is 35.7 Å². The molecule has 0 aliphatic carbocycles. The summed E-state index contributed by atoms with van der Waals surface area (Å²) in [4.78, 5) is 3.78. The van der Waals surface area contributed by atoms with Crippen LogP contribution in [-0.4, -0.2) is 4.98 Å². The molecule has 0 radical (unpaired) electrons. The van der Waals surface area contributed by atoms with Gasteiger partial charge in [-0.1, -0.05) is 23.7 Å². The van der Waals surface area contributed by atoms with Gasteiger partial charge in [0.15, 0.2) is 0 Å². The molecule has 4 heteroatoms. The molecular formula is C13H12ClFN2. The number of rotatable bonds is 3. The molecular weight excluding hydrogens is 239 g/mol. The number of nitrogens with zero attached hydrogens (tertiary/aromatic N) is 1. The smallest absolute Gasteiger partial charge is 0.141 e. The van der Waals surface area contributed by atoms with Crippen LogP contribution in [0.1, 0.15) is 17.2 Å². The van der Waals surface area contributed by atoms with E-state index in [0.717, 1.165) is 5.56 Å². The van der Waals surface area contributed by atoms with Crippen molar-refractivity contribution in [1.82, 2.24) is 4.98 Å². The SMILES string of the molecule is NC(Cc1ccc(Cl)cc1)c1cncc(F)c1. The third kappa shape index (κ3) is 3.25. The van der Waals surface area contributed by atoms with Crippen molar-refractivity contribution in [3.63, 3.8) is 0 Å². The van der Waals surface area contributed by atoms with Crippen molar-refractivity contribution in [2.24, 2.45) is 5.73 Å². The lowest BCUT2D eigenvalue weighted by Crippen LogP contribution is -2.13. The second kappa shape index (κ2) is 5.25. The first-order valence-corrected chi connectivity index (χ1v) is 5.63. The zero-order chi connectivity index (χ0) is 12.3. The van der Waals surface area contributed by atoms with E-state index < -0.39 is 0 Å². The van der Waals surface area contributed by atoms with Gasteiger partial charge in [0.25, 0.3) is 0 Å². The molecule has 2 rings (SSSR count). The van der Waals surface area contributed by atoms with Crippen molar-refractivity contribution in [2.75, 3.05) is 0 Å². The van der Waals surface area contributed by atoms with Gasteiger partial charge in [0, 0.05) is 17.3 Å². The van der Waals surface area contributed by atoms with Crippen LogP contribution in [0, 0.1) is 5.82 Å². The van der Waals surface area contributed by atoms with Gasteiger partial charge in [-0.2, -0.15) is 0 Å². The summed E-state index contributed by atoms with van der Waals surface area (Å²) in [5.74, 6) is -0.367. The van der Waals surface area contributed by atoms with E-state index in [9.17, 15) is 4.39 Å². The first-order chi connectivity index (χ1) is 8.15. The van der Waals surface area contributed by atoms with Crippen LogP contribution in [0.25, 0.3) is 0 Å². The quantitative estimate of drug-likeness (QED) is 0.909. The van der Waals surface area contributed by atoms with E-state index in [4.69, 9.17) is 17.3 Å². The maximum atomic E-state index is 13.0. The van der Waals surface area contributed by atoms with Gasteiger partial charge >= 0.3 is 0 Å². The largest absolute Gasteiger partial charge is 0.324 e. The Kier molecular flexibility index (Phi) is 3.71. The highest BCUT2D eigenvalue weighted by Gasteiger charge is 2.08. The van der Waals surface area contributed by atoms with Gasteiger partial charge in [0.2, 0.25) is 0 Å². The Morgan fingerprint density at radius 1 is 1.24 bits per heavy atom. The van der Waals surface area contributed by atoms with Gasteiger partial charge in [-0.25, -0.2) is 4.39 Å². The average Bonchev–Trinajstić information content (AvgIpc) is 2.32. The number of benzene rings is 1. The summed E-state index contributed by atoms with van der Waals surface area (Å²) in [7, 11) is 0. The fourth-order valence-corrected chi connectivity index (χ4v) is 1.75. The molecule has 0 aliphatic heterocycles.